The van der Waals surface area contributed by atoms with E-state index in [-0.39, 0.29) is 0 Å². The molecular formula is C13H13NO3. The Bertz CT molecular complexity index is 623. The van der Waals surface area contributed by atoms with E-state index in [0.717, 1.165) is 16.6 Å². The van der Waals surface area contributed by atoms with E-state index in [0.29, 0.717) is 24.3 Å². The average molecular weight is 231 g/mol. The van der Waals surface area contributed by atoms with Gasteiger partial charge in [-0.1, -0.05) is 6.07 Å². The van der Waals surface area contributed by atoms with E-state index < -0.39 is 11.4 Å². The summed E-state index contributed by atoms with van der Waals surface area (Å²) in [7, 11) is 0. The number of carbonyl (C=O) groups is 1. The third-order valence-corrected chi connectivity index (χ3v) is 3.39. The first-order valence-electron chi connectivity index (χ1n) is 5.65. The lowest BCUT2D eigenvalue weighted by Crippen LogP contribution is -2.19. The number of hydrogen-bond donors (Lipinski definition) is 1. The van der Waals surface area contributed by atoms with Crippen molar-refractivity contribution in [2.24, 2.45) is 0 Å². The molecule has 0 spiro atoms. The highest BCUT2D eigenvalue weighted by atomic mass is 16.4. The van der Waals surface area contributed by atoms with Crippen LogP contribution in [0.1, 0.15) is 29.9 Å². The Kier molecular flexibility index (Phi) is 1.88. The van der Waals surface area contributed by atoms with Gasteiger partial charge in [-0.3, -0.25) is 4.79 Å². The molecule has 4 nitrogen and oxygen atoms in total. The number of rotatable bonds is 2. The summed E-state index contributed by atoms with van der Waals surface area (Å²) >= 11 is 0. The molecule has 1 aromatic heterocycles. The van der Waals surface area contributed by atoms with Crippen LogP contribution in [0, 0.1) is 13.8 Å². The lowest BCUT2D eigenvalue weighted by atomic mass is 10.1. The fourth-order valence-electron chi connectivity index (χ4n) is 2.23. The number of hydrogen-bond acceptors (Lipinski definition) is 3. The molecule has 88 valence electrons. The quantitative estimate of drug-likeness (QED) is 0.862. The lowest BCUT2D eigenvalue weighted by Gasteiger charge is -2.02. The molecule has 2 aromatic rings. The van der Waals surface area contributed by atoms with Gasteiger partial charge in [-0.2, -0.15) is 0 Å². The molecule has 0 atom stereocenters. The van der Waals surface area contributed by atoms with Crippen molar-refractivity contribution < 1.29 is 14.3 Å². The Balaban J connectivity index is 2.21. The predicted molar refractivity (Wildman–Crippen MR) is 62.0 cm³/mol. The van der Waals surface area contributed by atoms with E-state index in [9.17, 15) is 9.90 Å². The third kappa shape index (κ3) is 1.37. The normalized spacial score (nSPS) is 17.3. The fourth-order valence-corrected chi connectivity index (χ4v) is 2.23. The minimum atomic E-state index is -0.862. The summed E-state index contributed by atoms with van der Waals surface area (Å²) in [4.78, 5) is 15.6. The van der Waals surface area contributed by atoms with Crippen molar-refractivity contribution in [2.45, 2.75) is 32.1 Å². The number of benzene rings is 1. The molecule has 1 fully saturated rings. The first-order chi connectivity index (χ1) is 8.03. The largest absolute Gasteiger partial charge is 0.480 e. The van der Waals surface area contributed by atoms with Crippen LogP contribution in [-0.2, 0) is 10.2 Å². The Morgan fingerprint density at radius 1 is 1.41 bits per heavy atom. The molecule has 3 rings (SSSR count). The maximum Gasteiger partial charge on any atom is 0.319 e. The summed E-state index contributed by atoms with van der Waals surface area (Å²) in [5.74, 6) is -0.480. The van der Waals surface area contributed by atoms with Crippen molar-refractivity contribution >= 4 is 17.1 Å². The van der Waals surface area contributed by atoms with Crippen LogP contribution in [-0.4, -0.2) is 16.1 Å². The van der Waals surface area contributed by atoms with Crippen LogP contribution in [0.25, 0.3) is 11.1 Å². The van der Waals surface area contributed by atoms with Crippen LogP contribution < -0.4 is 0 Å². The highest BCUT2D eigenvalue weighted by molar-refractivity contribution is 5.85. The summed E-state index contributed by atoms with van der Waals surface area (Å²) in [6.07, 6.45) is 1.24. The van der Waals surface area contributed by atoms with Crippen LogP contribution in [0.4, 0.5) is 0 Å². The molecular weight excluding hydrogens is 218 g/mol. The summed E-state index contributed by atoms with van der Waals surface area (Å²) in [5.41, 5.74) is 2.71. The molecule has 1 N–H and O–H groups in total. The first-order valence-corrected chi connectivity index (χ1v) is 5.65. The molecule has 4 heteroatoms. The van der Waals surface area contributed by atoms with E-state index in [4.69, 9.17) is 4.42 Å². The Labute approximate surface area is 98.3 Å². The maximum atomic E-state index is 11.2. The summed E-state index contributed by atoms with van der Waals surface area (Å²) < 4.78 is 5.65. The van der Waals surface area contributed by atoms with E-state index >= 15 is 0 Å². The number of carboxylic acid groups (broad SMARTS) is 1. The molecule has 1 aliphatic rings. The van der Waals surface area contributed by atoms with Gasteiger partial charge in [-0.15, -0.1) is 0 Å². The minimum Gasteiger partial charge on any atom is -0.480 e. The number of nitrogens with zero attached hydrogens (tertiary/aromatic N) is 1. The number of carboxylic acids is 1. The van der Waals surface area contributed by atoms with Gasteiger partial charge in [0.25, 0.3) is 0 Å². The highest BCUT2D eigenvalue weighted by Gasteiger charge is 2.56. The molecule has 0 amide bonds. The fraction of sp³-hybridized carbons (Fsp3) is 0.385. The number of aromatic nitrogens is 1. The van der Waals surface area contributed by atoms with Gasteiger partial charge in [0.2, 0.25) is 5.89 Å². The number of fused-ring (bicyclic) bond motifs is 1. The van der Waals surface area contributed by atoms with Gasteiger partial charge in [0.05, 0.1) is 0 Å². The van der Waals surface area contributed by atoms with Crippen molar-refractivity contribution in [2.75, 3.05) is 0 Å². The van der Waals surface area contributed by atoms with Crippen LogP contribution >= 0.6 is 0 Å². The zero-order chi connectivity index (χ0) is 12.2. The van der Waals surface area contributed by atoms with Gasteiger partial charge in [-0.25, -0.2) is 4.98 Å². The monoisotopic (exact) mass is 231 g/mol. The molecule has 17 heavy (non-hydrogen) atoms. The van der Waals surface area contributed by atoms with Gasteiger partial charge in [0, 0.05) is 0 Å². The molecule has 1 aliphatic carbocycles. The summed E-state index contributed by atoms with van der Waals surface area (Å²) in [5, 5.41) is 9.21. The van der Waals surface area contributed by atoms with Crippen LogP contribution in [0.3, 0.4) is 0 Å². The van der Waals surface area contributed by atoms with Crippen molar-refractivity contribution in [3.8, 4) is 0 Å². The first kappa shape index (κ1) is 10.3. The smallest absolute Gasteiger partial charge is 0.319 e. The van der Waals surface area contributed by atoms with E-state index in [1.807, 2.05) is 26.0 Å². The zero-order valence-electron chi connectivity index (χ0n) is 9.78. The topological polar surface area (TPSA) is 63.3 Å². The molecule has 1 aromatic carbocycles. The second kappa shape index (κ2) is 3.09. The highest BCUT2D eigenvalue weighted by Crippen LogP contribution is 2.48. The molecule has 1 saturated carbocycles. The predicted octanol–water partition coefficient (Wildman–Crippen LogP) is 2.56. The van der Waals surface area contributed by atoms with Crippen molar-refractivity contribution in [1.82, 2.24) is 4.98 Å². The Hall–Kier alpha value is -1.84. The molecule has 1 heterocycles. The molecule has 0 saturated heterocycles. The summed E-state index contributed by atoms with van der Waals surface area (Å²) in [6, 6.07) is 3.94. The van der Waals surface area contributed by atoms with Gasteiger partial charge in [0.15, 0.2) is 5.58 Å². The van der Waals surface area contributed by atoms with Crippen molar-refractivity contribution in [3.05, 3.63) is 29.2 Å². The van der Waals surface area contributed by atoms with Gasteiger partial charge >= 0.3 is 5.97 Å². The number of oxazole rings is 1. The van der Waals surface area contributed by atoms with Gasteiger partial charge < -0.3 is 9.52 Å². The minimum absolute atomic E-state index is 0.355. The van der Waals surface area contributed by atoms with Gasteiger partial charge in [-0.05, 0) is 43.9 Å². The van der Waals surface area contributed by atoms with E-state index in [2.05, 4.69) is 4.98 Å². The summed E-state index contributed by atoms with van der Waals surface area (Å²) in [6.45, 7) is 3.94. The van der Waals surface area contributed by atoms with E-state index in [1.54, 1.807) is 0 Å². The van der Waals surface area contributed by atoms with Crippen LogP contribution in [0.5, 0.6) is 0 Å². The van der Waals surface area contributed by atoms with Crippen molar-refractivity contribution in [1.29, 1.82) is 0 Å². The molecule has 0 bridgehead atoms. The van der Waals surface area contributed by atoms with Gasteiger partial charge in [0.1, 0.15) is 10.9 Å². The Morgan fingerprint density at radius 3 is 2.71 bits per heavy atom. The van der Waals surface area contributed by atoms with Crippen LogP contribution in [0.15, 0.2) is 16.5 Å². The van der Waals surface area contributed by atoms with Crippen LogP contribution in [0.2, 0.25) is 0 Å². The second-order valence-electron chi connectivity index (χ2n) is 4.84. The third-order valence-electron chi connectivity index (χ3n) is 3.39. The average Bonchev–Trinajstić information content (AvgIpc) is 2.94. The molecule has 0 unspecified atom stereocenters. The Morgan fingerprint density at radius 2 is 2.12 bits per heavy atom. The maximum absolute atomic E-state index is 11.2. The zero-order valence-corrected chi connectivity index (χ0v) is 9.78. The molecule has 0 radical (unpaired) electrons. The SMILES string of the molecule is Cc1cc(C)c2oc(C3(C(=O)O)CC3)nc2c1. The second-order valence-corrected chi connectivity index (χ2v) is 4.84. The number of aliphatic carboxylic acids is 1. The standard InChI is InChI=1S/C13H13NO3/c1-7-5-8(2)10-9(6-7)14-11(17-10)13(3-4-13)12(15)16/h5-6H,3-4H2,1-2H3,(H,15,16). The number of aryl methyl sites for hydroxylation is 2. The lowest BCUT2D eigenvalue weighted by molar-refractivity contribution is -0.140. The molecule has 0 aliphatic heterocycles. The van der Waals surface area contributed by atoms with Crippen molar-refractivity contribution in [3.63, 3.8) is 0 Å². The van der Waals surface area contributed by atoms with E-state index in [1.165, 1.54) is 0 Å².